The quantitative estimate of drug-likeness (QED) is 0.176. The van der Waals surface area contributed by atoms with Crippen molar-refractivity contribution >= 4 is 57.2 Å². The zero-order valence-electron chi connectivity index (χ0n) is 24.7. The van der Waals surface area contributed by atoms with Gasteiger partial charge in [-0.3, -0.25) is 19.1 Å². The number of nitrogens with zero attached hydrogens (tertiary/aromatic N) is 5. The molecule has 46 heavy (non-hydrogen) atoms. The summed E-state index contributed by atoms with van der Waals surface area (Å²) >= 11 is 6.27. The van der Waals surface area contributed by atoms with Crippen molar-refractivity contribution in [3.63, 3.8) is 0 Å². The van der Waals surface area contributed by atoms with E-state index in [2.05, 4.69) is 25.7 Å². The van der Waals surface area contributed by atoms with Gasteiger partial charge in [-0.2, -0.15) is 5.10 Å². The largest absolute Gasteiger partial charge is 0.393 e. The van der Waals surface area contributed by atoms with E-state index in [0.717, 1.165) is 0 Å². The Labute approximate surface area is 268 Å². The molecule has 0 atom stereocenters. The highest BCUT2D eigenvalue weighted by molar-refractivity contribution is 6.33. The first-order valence-corrected chi connectivity index (χ1v) is 14.9. The zero-order valence-corrected chi connectivity index (χ0v) is 25.4. The van der Waals surface area contributed by atoms with Crippen LogP contribution in [0.25, 0.3) is 22.0 Å². The fourth-order valence-corrected chi connectivity index (χ4v) is 5.72. The fourth-order valence-electron chi connectivity index (χ4n) is 5.48. The number of rotatable bonds is 10. The molecule has 0 unspecified atom stereocenters. The van der Waals surface area contributed by atoms with Crippen LogP contribution < -0.4 is 10.6 Å². The third-order valence-corrected chi connectivity index (χ3v) is 8.15. The Balaban J connectivity index is 1.22. The fraction of sp³-hybridized carbons (Fsp3) is 0.212. The van der Waals surface area contributed by atoms with Crippen LogP contribution in [0.2, 0.25) is 5.02 Å². The van der Waals surface area contributed by atoms with Gasteiger partial charge in [0.1, 0.15) is 25.1 Å². The van der Waals surface area contributed by atoms with Gasteiger partial charge in [0, 0.05) is 40.2 Å². The van der Waals surface area contributed by atoms with E-state index >= 15 is 4.39 Å². The number of hydrogen-bond donors (Lipinski definition) is 3. The summed E-state index contributed by atoms with van der Waals surface area (Å²) in [5.74, 6) is -1.99. The van der Waals surface area contributed by atoms with Gasteiger partial charge in [0.25, 0.3) is 0 Å². The van der Waals surface area contributed by atoms with E-state index in [9.17, 15) is 19.5 Å². The second kappa shape index (κ2) is 13.0. The first kappa shape index (κ1) is 30.8. The monoisotopic (exact) mass is 641 g/mol. The van der Waals surface area contributed by atoms with Gasteiger partial charge in [0.15, 0.2) is 11.6 Å². The zero-order chi connectivity index (χ0) is 32.4. The van der Waals surface area contributed by atoms with Crippen LogP contribution in [-0.2, 0) is 16.1 Å². The van der Waals surface area contributed by atoms with E-state index in [1.807, 2.05) is 0 Å². The van der Waals surface area contributed by atoms with E-state index in [1.54, 1.807) is 67.0 Å². The van der Waals surface area contributed by atoms with E-state index in [4.69, 9.17) is 11.6 Å². The number of aromatic nitrogens is 4. The Morgan fingerprint density at radius 3 is 2.48 bits per heavy atom. The van der Waals surface area contributed by atoms with Crippen molar-refractivity contribution in [2.24, 2.45) is 0 Å². The molecule has 1 aliphatic carbocycles. The number of carbonyl (C=O) groups excluding carboxylic acids is 3. The molecule has 11 nitrogen and oxygen atoms in total. The van der Waals surface area contributed by atoms with Crippen LogP contribution in [-0.4, -0.2) is 66.0 Å². The second-order valence-corrected chi connectivity index (χ2v) is 11.4. The number of ketones is 1. The lowest BCUT2D eigenvalue weighted by Crippen LogP contribution is -2.53. The first-order chi connectivity index (χ1) is 22.2. The average molecular weight is 642 g/mol. The number of benzene rings is 3. The van der Waals surface area contributed by atoms with E-state index in [1.165, 1.54) is 28.9 Å². The van der Waals surface area contributed by atoms with Gasteiger partial charge >= 0.3 is 0 Å². The van der Waals surface area contributed by atoms with Crippen LogP contribution in [0.4, 0.5) is 21.5 Å². The van der Waals surface area contributed by atoms with Gasteiger partial charge in [-0.25, -0.2) is 14.4 Å². The number of halogens is 2. The Morgan fingerprint density at radius 2 is 1.76 bits per heavy atom. The minimum atomic E-state index is -0.658. The SMILES string of the molecule is CC(=O)c1nn(CC(=O)N(CC(=O)Nc2cccc(-c3ccccc3Cl)c2F)[C@H]2C[C@H](O)C2)c2ccc(Nc3cncnc3)cc12. The Hall–Kier alpha value is -5.20. The molecule has 0 radical (unpaired) electrons. The lowest BCUT2D eigenvalue weighted by Gasteiger charge is -2.40. The molecule has 234 valence electrons. The number of aliphatic hydroxyl groups is 1. The summed E-state index contributed by atoms with van der Waals surface area (Å²) in [6.07, 6.45) is 4.63. The van der Waals surface area contributed by atoms with E-state index in [-0.39, 0.29) is 35.8 Å². The summed E-state index contributed by atoms with van der Waals surface area (Å²) in [5, 5.41) is 21.1. The molecule has 0 saturated heterocycles. The van der Waals surface area contributed by atoms with Crippen LogP contribution in [0.3, 0.4) is 0 Å². The van der Waals surface area contributed by atoms with Crippen LogP contribution in [0, 0.1) is 5.82 Å². The molecule has 5 aromatic rings. The Kier molecular flexibility index (Phi) is 8.73. The number of aliphatic hydroxyl groups excluding tert-OH is 1. The second-order valence-electron chi connectivity index (χ2n) is 11.0. The summed E-state index contributed by atoms with van der Waals surface area (Å²) in [7, 11) is 0. The van der Waals surface area contributed by atoms with Crippen molar-refractivity contribution in [2.75, 3.05) is 17.2 Å². The molecule has 0 aliphatic heterocycles. The van der Waals surface area contributed by atoms with E-state index in [0.29, 0.717) is 45.7 Å². The van der Waals surface area contributed by atoms with Crippen molar-refractivity contribution < 1.29 is 23.9 Å². The van der Waals surface area contributed by atoms with Crippen LogP contribution in [0.15, 0.2) is 79.4 Å². The maximum absolute atomic E-state index is 15.5. The number of anilines is 3. The Morgan fingerprint density at radius 1 is 1.02 bits per heavy atom. The third-order valence-electron chi connectivity index (χ3n) is 7.82. The van der Waals surface area contributed by atoms with E-state index < -0.39 is 29.8 Å². The average Bonchev–Trinajstić information content (AvgIpc) is 3.38. The molecule has 13 heteroatoms. The molecule has 2 amide bonds. The highest BCUT2D eigenvalue weighted by atomic mass is 35.5. The van der Waals surface area contributed by atoms with Gasteiger partial charge in [0.2, 0.25) is 11.8 Å². The predicted molar refractivity (Wildman–Crippen MR) is 171 cm³/mol. The van der Waals surface area contributed by atoms with Crippen LogP contribution in [0.1, 0.15) is 30.3 Å². The first-order valence-electron chi connectivity index (χ1n) is 14.5. The maximum atomic E-state index is 15.5. The summed E-state index contributed by atoms with van der Waals surface area (Å²) in [5.41, 5.74) is 2.70. The lowest BCUT2D eigenvalue weighted by molar-refractivity contribution is -0.142. The van der Waals surface area contributed by atoms with Crippen molar-refractivity contribution in [1.29, 1.82) is 0 Å². The maximum Gasteiger partial charge on any atom is 0.245 e. The van der Waals surface area contributed by atoms with Gasteiger partial charge in [0.05, 0.1) is 35.4 Å². The molecule has 0 spiro atoms. The highest BCUT2D eigenvalue weighted by Gasteiger charge is 2.36. The number of hydrogen-bond acceptors (Lipinski definition) is 8. The van der Waals surface area contributed by atoms with Crippen LogP contribution in [0.5, 0.6) is 0 Å². The Bertz CT molecular complexity index is 1950. The van der Waals surface area contributed by atoms with Crippen molar-refractivity contribution in [3.05, 3.63) is 95.9 Å². The van der Waals surface area contributed by atoms with Gasteiger partial charge in [-0.05, 0) is 43.2 Å². The van der Waals surface area contributed by atoms with Crippen LogP contribution >= 0.6 is 11.6 Å². The third kappa shape index (κ3) is 6.44. The van der Waals surface area contributed by atoms with Gasteiger partial charge in [-0.1, -0.05) is 41.9 Å². The summed E-state index contributed by atoms with van der Waals surface area (Å²) in [6, 6.07) is 16.3. The molecule has 1 aliphatic rings. The molecular weight excluding hydrogens is 613 g/mol. The van der Waals surface area contributed by atoms with Crippen molar-refractivity contribution in [1.82, 2.24) is 24.6 Å². The number of nitrogens with one attached hydrogen (secondary N) is 2. The molecule has 2 heterocycles. The smallest absolute Gasteiger partial charge is 0.245 e. The molecule has 1 fully saturated rings. The van der Waals surface area contributed by atoms with Gasteiger partial charge in [-0.15, -0.1) is 0 Å². The molecule has 0 bridgehead atoms. The standard InChI is InChI=1S/C33H29ClFN7O4/c1-19(43)33-26-11-20(38-21-14-36-18-37-15-21)9-10-29(26)42(40-33)17-31(46)41(22-12-23(44)13-22)16-30(45)39-28-8-4-6-25(32(28)35)24-5-2-3-7-27(24)34/h2-11,14-15,18,22-23,38,44H,12-13,16-17H2,1H3,(H,39,45)/t22-,23-. The van der Waals surface area contributed by atoms with Gasteiger partial charge < -0.3 is 20.6 Å². The minimum absolute atomic E-state index is 0.0564. The summed E-state index contributed by atoms with van der Waals surface area (Å²) in [4.78, 5) is 48.8. The number of carbonyl (C=O) groups is 3. The molecular formula is C33H29ClFN7O4. The number of fused-ring (bicyclic) bond motifs is 1. The predicted octanol–water partition coefficient (Wildman–Crippen LogP) is 5.22. The molecule has 1 saturated carbocycles. The highest BCUT2D eigenvalue weighted by Crippen LogP contribution is 2.33. The summed E-state index contributed by atoms with van der Waals surface area (Å²) < 4.78 is 16.9. The molecule has 2 aromatic heterocycles. The minimum Gasteiger partial charge on any atom is -0.393 e. The number of amides is 2. The van der Waals surface area contributed by atoms with Crippen molar-refractivity contribution in [3.8, 4) is 11.1 Å². The molecule has 3 N–H and O–H groups in total. The molecule has 3 aromatic carbocycles. The topological polar surface area (TPSA) is 142 Å². The molecule has 6 rings (SSSR count). The van der Waals surface area contributed by atoms with Crippen molar-refractivity contribution in [2.45, 2.75) is 38.5 Å². The lowest BCUT2D eigenvalue weighted by atomic mass is 9.88. The number of Topliss-reactive ketones (excluding diaryl/α,β-unsaturated/α-hetero) is 1. The normalized spacial score (nSPS) is 15.7. The summed E-state index contributed by atoms with van der Waals surface area (Å²) in [6.45, 7) is 0.753.